The van der Waals surface area contributed by atoms with E-state index in [1.807, 2.05) is 67.3 Å². The lowest BCUT2D eigenvalue weighted by Crippen LogP contribution is -2.41. The van der Waals surface area contributed by atoms with Crippen molar-refractivity contribution in [3.05, 3.63) is 83.3 Å². The lowest BCUT2D eigenvalue weighted by Gasteiger charge is -2.31. The molecule has 5 rings (SSSR count). The number of aromatic hydroxyl groups is 1. The number of fused-ring (bicyclic) bond motifs is 1. The molecule has 0 spiro atoms. The fourth-order valence-corrected chi connectivity index (χ4v) is 4.96. The Kier molecular flexibility index (Phi) is 5.36. The van der Waals surface area contributed by atoms with Crippen LogP contribution in [0.4, 0.5) is 0 Å². The number of likely N-dealkylation sites (tertiary alicyclic amines) is 1. The number of rotatable bonds is 6. The molecule has 0 saturated carbocycles. The van der Waals surface area contributed by atoms with Gasteiger partial charge < -0.3 is 19.2 Å². The van der Waals surface area contributed by atoms with Gasteiger partial charge in [0, 0.05) is 11.5 Å². The number of phenols is 1. The molecule has 2 aliphatic heterocycles. The summed E-state index contributed by atoms with van der Waals surface area (Å²) < 4.78 is 11.2. The van der Waals surface area contributed by atoms with Crippen LogP contribution >= 0.6 is 0 Å². The summed E-state index contributed by atoms with van der Waals surface area (Å²) in [5.74, 6) is 1.64. The SMILES string of the molecule is CCOc1ccc(C2C3C(NNC3c3cc(C)ccc3O)C(=O)N2Cc2ccco2)cc1. The minimum Gasteiger partial charge on any atom is -0.508 e. The maximum absolute atomic E-state index is 13.5. The van der Waals surface area contributed by atoms with Crippen molar-refractivity contribution in [1.82, 2.24) is 15.8 Å². The number of furan rings is 1. The predicted molar refractivity (Wildman–Crippen MR) is 119 cm³/mol. The zero-order chi connectivity index (χ0) is 22.2. The van der Waals surface area contributed by atoms with Gasteiger partial charge in [-0.25, -0.2) is 10.9 Å². The van der Waals surface area contributed by atoms with Crippen LogP contribution in [0.1, 0.15) is 41.5 Å². The predicted octanol–water partition coefficient (Wildman–Crippen LogP) is 3.61. The van der Waals surface area contributed by atoms with Crippen molar-refractivity contribution in [3.63, 3.8) is 0 Å². The second kappa shape index (κ2) is 8.33. The summed E-state index contributed by atoms with van der Waals surface area (Å²) >= 11 is 0. The smallest absolute Gasteiger partial charge is 0.242 e. The van der Waals surface area contributed by atoms with Crippen molar-refractivity contribution in [2.24, 2.45) is 5.92 Å². The molecule has 0 aliphatic carbocycles. The van der Waals surface area contributed by atoms with Gasteiger partial charge in [0.05, 0.1) is 31.5 Å². The number of ether oxygens (including phenoxy) is 1. The van der Waals surface area contributed by atoms with Crippen LogP contribution in [-0.4, -0.2) is 28.6 Å². The van der Waals surface area contributed by atoms with Gasteiger partial charge in [-0.2, -0.15) is 0 Å². The van der Waals surface area contributed by atoms with Crippen LogP contribution in [0, 0.1) is 12.8 Å². The first-order valence-corrected chi connectivity index (χ1v) is 10.9. The van der Waals surface area contributed by atoms with Gasteiger partial charge in [-0.05, 0) is 49.7 Å². The van der Waals surface area contributed by atoms with Crippen molar-refractivity contribution in [2.45, 2.75) is 38.5 Å². The fourth-order valence-electron chi connectivity index (χ4n) is 4.96. The lowest BCUT2D eigenvalue weighted by molar-refractivity contribution is -0.131. The van der Waals surface area contributed by atoms with Crippen LogP contribution in [0.2, 0.25) is 0 Å². The maximum atomic E-state index is 13.5. The molecule has 0 bridgehead atoms. The van der Waals surface area contributed by atoms with Gasteiger partial charge in [0.25, 0.3) is 0 Å². The minimum atomic E-state index is -0.411. The lowest BCUT2D eigenvalue weighted by atomic mass is 9.83. The average molecular weight is 434 g/mol. The molecule has 0 radical (unpaired) electrons. The number of hydrogen-bond acceptors (Lipinski definition) is 6. The monoisotopic (exact) mass is 433 g/mol. The molecule has 7 nitrogen and oxygen atoms in total. The summed E-state index contributed by atoms with van der Waals surface area (Å²) in [7, 11) is 0. The molecular formula is C25H27N3O4. The molecule has 2 saturated heterocycles. The Hall–Kier alpha value is -3.29. The number of nitrogens with zero attached hydrogens (tertiary/aromatic N) is 1. The van der Waals surface area contributed by atoms with Crippen molar-refractivity contribution in [1.29, 1.82) is 0 Å². The van der Waals surface area contributed by atoms with Gasteiger partial charge >= 0.3 is 0 Å². The highest BCUT2D eigenvalue weighted by atomic mass is 16.5. The summed E-state index contributed by atoms with van der Waals surface area (Å²) in [5, 5.41) is 10.6. The standard InChI is InChI=1S/C25H27N3O4/c1-3-31-17-9-7-16(8-10-17)24-21-22(19-13-15(2)6-11-20(19)29)26-27-23(21)25(30)28(24)14-18-5-4-12-32-18/h4-13,21-24,26-27,29H,3,14H2,1-2H3. The fraction of sp³-hybridized carbons (Fsp3) is 0.320. The van der Waals surface area contributed by atoms with Crippen LogP contribution in [0.15, 0.2) is 65.3 Å². The highest BCUT2D eigenvalue weighted by Gasteiger charge is 2.56. The van der Waals surface area contributed by atoms with Crippen LogP contribution < -0.4 is 15.6 Å². The first-order chi connectivity index (χ1) is 15.6. The number of phenolic OH excluding ortho intramolecular Hbond substituents is 1. The molecule has 32 heavy (non-hydrogen) atoms. The first-order valence-electron chi connectivity index (χ1n) is 10.9. The number of aryl methyl sites for hydroxylation is 1. The number of benzene rings is 2. The Labute approximate surface area is 187 Å². The zero-order valence-electron chi connectivity index (χ0n) is 18.1. The molecular weight excluding hydrogens is 406 g/mol. The van der Waals surface area contributed by atoms with E-state index in [0.29, 0.717) is 13.2 Å². The molecule has 2 fully saturated rings. The molecule has 7 heteroatoms. The second-order valence-electron chi connectivity index (χ2n) is 8.38. The Morgan fingerprint density at radius 1 is 1.09 bits per heavy atom. The number of hydrogen-bond donors (Lipinski definition) is 3. The zero-order valence-corrected chi connectivity index (χ0v) is 18.1. The second-order valence-corrected chi connectivity index (χ2v) is 8.38. The summed E-state index contributed by atoms with van der Waals surface area (Å²) in [5.41, 5.74) is 9.33. The van der Waals surface area contributed by atoms with Gasteiger partial charge in [-0.15, -0.1) is 0 Å². The highest BCUT2D eigenvalue weighted by molar-refractivity contribution is 5.86. The third-order valence-corrected chi connectivity index (χ3v) is 6.37. The number of amides is 1. The number of hydrazine groups is 1. The first kappa shape index (κ1) is 20.6. The molecule has 3 aromatic rings. The van der Waals surface area contributed by atoms with Crippen molar-refractivity contribution in [3.8, 4) is 11.5 Å². The third kappa shape index (κ3) is 3.53. The summed E-state index contributed by atoms with van der Waals surface area (Å²) in [6, 6.07) is 16.3. The van der Waals surface area contributed by atoms with Gasteiger partial charge in [0.15, 0.2) is 0 Å². The Bertz CT molecular complexity index is 1100. The van der Waals surface area contributed by atoms with Gasteiger partial charge in [0.1, 0.15) is 23.3 Å². The van der Waals surface area contributed by atoms with Crippen molar-refractivity contribution in [2.75, 3.05) is 6.61 Å². The van der Waals surface area contributed by atoms with E-state index < -0.39 is 6.04 Å². The van der Waals surface area contributed by atoms with E-state index in [-0.39, 0.29) is 29.7 Å². The normalized spacial score (nSPS) is 24.7. The highest BCUT2D eigenvalue weighted by Crippen LogP contribution is 2.49. The van der Waals surface area contributed by atoms with Gasteiger partial charge in [0.2, 0.25) is 5.91 Å². The number of nitrogens with one attached hydrogen (secondary N) is 2. The van der Waals surface area contributed by atoms with Crippen LogP contribution in [0.3, 0.4) is 0 Å². The van der Waals surface area contributed by atoms with E-state index in [1.165, 1.54) is 0 Å². The number of carbonyl (C=O) groups is 1. The summed E-state index contributed by atoms with van der Waals surface area (Å²) in [6.07, 6.45) is 1.62. The van der Waals surface area contributed by atoms with Crippen molar-refractivity contribution < 1.29 is 19.1 Å². The van der Waals surface area contributed by atoms with Crippen LogP contribution in [-0.2, 0) is 11.3 Å². The molecule has 3 N–H and O–H groups in total. The average Bonchev–Trinajstić information content (AvgIpc) is 3.51. The topological polar surface area (TPSA) is 87.0 Å². The quantitative estimate of drug-likeness (QED) is 0.551. The largest absolute Gasteiger partial charge is 0.508 e. The molecule has 1 aromatic heterocycles. The van der Waals surface area contributed by atoms with Gasteiger partial charge in [-0.3, -0.25) is 4.79 Å². The van der Waals surface area contributed by atoms with E-state index in [9.17, 15) is 9.90 Å². The third-order valence-electron chi connectivity index (χ3n) is 6.37. The summed E-state index contributed by atoms with van der Waals surface area (Å²) in [6.45, 7) is 4.92. The molecule has 4 atom stereocenters. The van der Waals surface area contributed by atoms with E-state index in [4.69, 9.17) is 9.15 Å². The molecule has 2 aliphatic rings. The molecule has 3 heterocycles. The van der Waals surface area contributed by atoms with Crippen LogP contribution in [0.25, 0.3) is 0 Å². The maximum Gasteiger partial charge on any atom is 0.242 e. The van der Waals surface area contributed by atoms with E-state index in [2.05, 4.69) is 10.9 Å². The molecule has 4 unspecified atom stereocenters. The molecule has 1 amide bonds. The van der Waals surface area contributed by atoms with Gasteiger partial charge in [-0.1, -0.05) is 29.8 Å². The van der Waals surface area contributed by atoms with E-state index in [0.717, 1.165) is 28.2 Å². The Balaban J connectivity index is 1.56. The molecule has 166 valence electrons. The Morgan fingerprint density at radius 3 is 2.59 bits per heavy atom. The van der Waals surface area contributed by atoms with E-state index >= 15 is 0 Å². The number of carbonyl (C=O) groups excluding carboxylic acids is 1. The Morgan fingerprint density at radius 2 is 1.88 bits per heavy atom. The minimum absolute atomic E-state index is 0.00688. The van der Waals surface area contributed by atoms with E-state index in [1.54, 1.807) is 12.3 Å². The molecule has 2 aromatic carbocycles. The van der Waals surface area contributed by atoms with Crippen LogP contribution in [0.5, 0.6) is 11.5 Å². The van der Waals surface area contributed by atoms with Crippen molar-refractivity contribution >= 4 is 5.91 Å². The summed E-state index contributed by atoms with van der Waals surface area (Å²) in [4.78, 5) is 15.4.